The number of carbonyl (C=O) groups excluding carboxylic acids is 1. The van der Waals surface area contributed by atoms with Crippen LogP contribution in [0.25, 0.3) is 27.3 Å². The minimum atomic E-state index is -0.237. The van der Waals surface area contributed by atoms with Gasteiger partial charge in [0.15, 0.2) is 5.65 Å². The van der Waals surface area contributed by atoms with Crippen LogP contribution in [0.3, 0.4) is 0 Å². The van der Waals surface area contributed by atoms with Crippen LogP contribution < -0.4 is 10.9 Å². The molecule has 2 aromatic heterocycles. The van der Waals surface area contributed by atoms with Gasteiger partial charge in [-0.2, -0.15) is 0 Å². The molecule has 4 rings (SSSR count). The van der Waals surface area contributed by atoms with E-state index in [1.54, 1.807) is 24.4 Å². The highest BCUT2D eigenvalue weighted by atomic mass is 16.2. The van der Waals surface area contributed by atoms with Gasteiger partial charge >= 0.3 is 0 Å². The number of hydrogen-bond donors (Lipinski definition) is 1. The Bertz CT molecular complexity index is 1260. The summed E-state index contributed by atoms with van der Waals surface area (Å²) in [6, 6.07) is 14.9. The highest BCUT2D eigenvalue weighted by Gasteiger charge is 2.17. The number of likely N-dealkylation sites (N-methyl/N-ethyl adjacent to an activating group) is 1. The molecular formula is C22H22N4O2. The molecule has 0 aliphatic carbocycles. The lowest BCUT2D eigenvalue weighted by Crippen LogP contribution is -2.39. The number of aromatic nitrogens is 2. The smallest absolute Gasteiger partial charge is 0.265 e. The van der Waals surface area contributed by atoms with Crippen molar-refractivity contribution in [3.05, 3.63) is 70.6 Å². The van der Waals surface area contributed by atoms with Crippen molar-refractivity contribution in [3.8, 4) is 0 Å². The highest BCUT2D eigenvalue weighted by Crippen LogP contribution is 2.23. The first-order valence-corrected chi connectivity index (χ1v) is 9.24. The van der Waals surface area contributed by atoms with Crippen molar-refractivity contribution in [1.29, 1.82) is 0 Å². The van der Waals surface area contributed by atoms with Crippen LogP contribution in [0, 0.1) is 0 Å². The van der Waals surface area contributed by atoms with Gasteiger partial charge in [-0.05, 0) is 44.6 Å². The summed E-state index contributed by atoms with van der Waals surface area (Å²) in [4.78, 5) is 32.7. The molecule has 0 saturated heterocycles. The minimum Gasteiger partial charge on any atom is -0.348 e. The third-order valence-corrected chi connectivity index (χ3v) is 4.80. The molecular weight excluding hydrogens is 352 g/mol. The molecule has 2 aromatic carbocycles. The van der Waals surface area contributed by atoms with Gasteiger partial charge in [0, 0.05) is 24.2 Å². The van der Waals surface area contributed by atoms with E-state index in [1.807, 2.05) is 56.3 Å². The van der Waals surface area contributed by atoms with Gasteiger partial charge < -0.3 is 10.2 Å². The van der Waals surface area contributed by atoms with Crippen LogP contribution >= 0.6 is 0 Å². The van der Waals surface area contributed by atoms with Crippen molar-refractivity contribution in [2.45, 2.75) is 13.0 Å². The molecule has 0 saturated carbocycles. The van der Waals surface area contributed by atoms with E-state index in [1.165, 1.54) is 4.40 Å². The van der Waals surface area contributed by atoms with Crippen LogP contribution in [0.2, 0.25) is 0 Å². The summed E-state index contributed by atoms with van der Waals surface area (Å²) in [6.45, 7) is 2.67. The molecule has 0 bridgehead atoms. The molecule has 0 aliphatic rings. The Morgan fingerprint density at radius 2 is 1.89 bits per heavy atom. The quantitative estimate of drug-likeness (QED) is 0.441. The van der Waals surface area contributed by atoms with Gasteiger partial charge in [0.25, 0.3) is 11.5 Å². The maximum Gasteiger partial charge on any atom is 0.265 e. The normalized spacial score (nSPS) is 12.7. The van der Waals surface area contributed by atoms with Gasteiger partial charge in [0.2, 0.25) is 0 Å². The zero-order valence-corrected chi connectivity index (χ0v) is 16.1. The van der Waals surface area contributed by atoms with E-state index in [-0.39, 0.29) is 17.5 Å². The Hall–Kier alpha value is -3.25. The van der Waals surface area contributed by atoms with Gasteiger partial charge in [0.1, 0.15) is 0 Å². The predicted molar refractivity (Wildman–Crippen MR) is 112 cm³/mol. The number of benzene rings is 2. The Labute approximate surface area is 162 Å². The molecule has 0 spiro atoms. The van der Waals surface area contributed by atoms with E-state index in [0.29, 0.717) is 22.1 Å². The second-order valence-corrected chi connectivity index (χ2v) is 7.35. The largest absolute Gasteiger partial charge is 0.348 e. The maximum absolute atomic E-state index is 13.1. The highest BCUT2D eigenvalue weighted by molar-refractivity contribution is 6.07. The van der Waals surface area contributed by atoms with Crippen LogP contribution in [-0.4, -0.2) is 46.9 Å². The molecule has 142 valence electrons. The Morgan fingerprint density at radius 3 is 2.68 bits per heavy atom. The van der Waals surface area contributed by atoms with Crippen molar-refractivity contribution in [1.82, 2.24) is 19.6 Å². The fraction of sp³-hybridized carbons (Fsp3) is 0.227. The van der Waals surface area contributed by atoms with Crippen molar-refractivity contribution >= 4 is 33.2 Å². The minimum absolute atomic E-state index is 0.0317. The van der Waals surface area contributed by atoms with Crippen LogP contribution in [0.1, 0.15) is 17.3 Å². The molecule has 2 heterocycles. The lowest BCUT2D eigenvalue weighted by Gasteiger charge is -2.18. The first-order valence-electron chi connectivity index (χ1n) is 9.24. The third-order valence-electron chi connectivity index (χ3n) is 4.80. The van der Waals surface area contributed by atoms with Crippen molar-refractivity contribution in [2.75, 3.05) is 20.6 Å². The predicted octanol–water partition coefficient (Wildman–Crippen LogP) is 2.68. The second kappa shape index (κ2) is 7.05. The zero-order valence-electron chi connectivity index (χ0n) is 16.1. The summed E-state index contributed by atoms with van der Waals surface area (Å²) in [7, 11) is 3.91. The standard InChI is InChI=1S/C22H22N4O2/c1-14(13-25(2)3)23-21(27)18-9-6-12-26-20(18)24-19-16-8-5-4-7-15(16)10-11-17(19)22(26)28/h4-12,14H,13H2,1-3H3,(H,23,27)/t14-/m1/s1. The first kappa shape index (κ1) is 18.1. The molecule has 1 atom stereocenters. The SMILES string of the molecule is C[C@H](CN(C)C)NC(=O)c1cccn2c(=O)c3ccc4ccccc4c3nc12. The summed E-state index contributed by atoms with van der Waals surface area (Å²) < 4.78 is 1.45. The Kier molecular flexibility index (Phi) is 4.57. The summed E-state index contributed by atoms with van der Waals surface area (Å²) in [5.74, 6) is -0.237. The lowest BCUT2D eigenvalue weighted by atomic mass is 10.1. The second-order valence-electron chi connectivity index (χ2n) is 7.35. The summed E-state index contributed by atoms with van der Waals surface area (Å²) in [6.07, 6.45) is 1.65. The van der Waals surface area contributed by atoms with Gasteiger partial charge in [-0.25, -0.2) is 4.98 Å². The van der Waals surface area contributed by atoms with Crippen molar-refractivity contribution in [3.63, 3.8) is 0 Å². The summed E-state index contributed by atoms with van der Waals surface area (Å²) in [5.41, 5.74) is 1.19. The van der Waals surface area contributed by atoms with Crippen LogP contribution in [-0.2, 0) is 0 Å². The average Bonchev–Trinajstić information content (AvgIpc) is 2.67. The van der Waals surface area contributed by atoms with E-state index < -0.39 is 0 Å². The number of nitrogens with zero attached hydrogens (tertiary/aromatic N) is 3. The van der Waals surface area contributed by atoms with E-state index in [4.69, 9.17) is 4.98 Å². The Balaban J connectivity index is 1.92. The van der Waals surface area contributed by atoms with Crippen molar-refractivity contribution < 1.29 is 4.79 Å². The van der Waals surface area contributed by atoms with Gasteiger partial charge in [-0.1, -0.05) is 30.3 Å². The molecule has 1 N–H and O–H groups in total. The number of hydrogen-bond acceptors (Lipinski definition) is 4. The fourth-order valence-electron chi connectivity index (χ4n) is 3.63. The number of amides is 1. The first-order chi connectivity index (χ1) is 13.5. The lowest BCUT2D eigenvalue weighted by molar-refractivity contribution is 0.0935. The van der Waals surface area contributed by atoms with Crippen LogP contribution in [0.15, 0.2) is 59.5 Å². The van der Waals surface area contributed by atoms with E-state index >= 15 is 0 Å². The Morgan fingerprint density at radius 1 is 1.11 bits per heavy atom. The molecule has 0 radical (unpaired) electrons. The third kappa shape index (κ3) is 3.12. The number of pyridine rings is 1. The molecule has 6 heteroatoms. The average molecular weight is 374 g/mol. The van der Waals surface area contributed by atoms with Gasteiger partial charge in [0.05, 0.1) is 16.5 Å². The number of carbonyl (C=O) groups is 1. The molecule has 6 nitrogen and oxygen atoms in total. The molecule has 0 unspecified atom stereocenters. The molecule has 0 fully saturated rings. The van der Waals surface area contributed by atoms with E-state index in [9.17, 15) is 9.59 Å². The zero-order chi connectivity index (χ0) is 19.8. The topological polar surface area (TPSA) is 66.7 Å². The molecule has 28 heavy (non-hydrogen) atoms. The monoisotopic (exact) mass is 374 g/mol. The van der Waals surface area contributed by atoms with Crippen LogP contribution in [0.5, 0.6) is 0 Å². The van der Waals surface area contributed by atoms with E-state index in [0.717, 1.165) is 17.3 Å². The number of rotatable bonds is 4. The fourth-order valence-corrected chi connectivity index (χ4v) is 3.63. The maximum atomic E-state index is 13.1. The molecule has 4 aromatic rings. The van der Waals surface area contributed by atoms with Gasteiger partial charge in [-0.3, -0.25) is 14.0 Å². The van der Waals surface area contributed by atoms with E-state index in [2.05, 4.69) is 5.32 Å². The molecule has 0 aliphatic heterocycles. The number of fused-ring (bicyclic) bond motifs is 4. The van der Waals surface area contributed by atoms with Crippen molar-refractivity contribution in [2.24, 2.45) is 0 Å². The summed E-state index contributed by atoms with van der Waals surface area (Å²) in [5, 5.41) is 5.43. The summed E-state index contributed by atoms with van der Waals surface area (Å²) >= 11 is 0. The van der Waals surface area contributed by atoms with Gasteiger partial charge in [-0.15, -0.1) is 0 Å². The molecule has 1 amide bonds. The van der Waals surface area contributed by atoms with Crippen LogP contribution in [0.4, 0.5) is 0 Å². The number of nitrogens with one attached hydrogen (secondary N) is 1.